The number of alkyl halides is 3. The number of pyridine rings is 1. The summed E-state index contributed by atoms with van der Waals surface area (Å²) in [4.78, 5) is 14.3. The SMILES string of the molecule is O=C(O)c1ccc(C(F)(F)F)n2ccnc12. The van der Waals surface area contributed by atoms with Gasteiger partial charge in [0.2, 0.25) is 0 Å². The predicted molar refractivity (Wildman–Crippen MR) is 47.2 cm³/mol. The first-order valence-electron chi connectivity index (χ1n) is 4.18. The van der Waals surface area contributed by atoms with Crippen molar-refractivity contribution in [2.45, 2.75) is 6.18 Å². The summed E-state index contributed by atoms with van der Waals surface area (Å²) < 4.78 is 38.3. The van der Waals surface area contributed by atoms with E-state index in [9.17, 15) is 18.0 Å². The maximum absolute atomic E-state index is 12.5. The van der Waals surface area contributed by atoms with Gasteiger partial charge in [0, 0.05) is 12.4 Å². The van der Waals surface area contributed by atoms with Gasteiger partial charge in [-0.3, -0.25) is 4.40 Å². The Labute approximate surface area is 87.0 Å². The number of aromatic nitrogens is 2. The van der Waals surface area contributed by atoms with Gasteiger partial charge < -0.3 is 5.11 Å². The molecule has 0 aromatic carbocycles. The zero-order valence-electron chi connectivity index (χ0n) is 7.69. The van der Waals surface area contributed by atoms with E-state index in [1.54, 1.807) is 0 Å². The molecule has 2 heterocycles. The largest absolute Gasteiger partial charge is 0.478 e. The molecule has 16 heavy (non-hydrogen) atoms. The Morgan fingerprint density at radius 1 is 1.38 bits per heavy atom. The van der Waals surface area contributed by atoms with Crippen LogP contribution in [0.5, 0.6) is 0 Å². The number of nitrogens with zero attached hydrogens (tertiary/aromatic N) is 2. The van der Waals surface area contributed by atoms with E-state index in [0.717, 1.165) is 24.5 Å². The van der Waals surface area contributed by atoms with Crippen molar-refractivity contribution in [3.8, 4) is 0 Å². The molecule has 0 atom stereocenters. The van der Waals surface area contributed by atoms with Crippen molar-refractivity contribution in [1.29, 1.82) is 0 Å². The van der Waals surface area contributed by atoms with Crippen molar-refractivity contribution in [3.05, 3.63) is 35.8 Å². The van der Waals surface area contributed by atoms with Crippen LogP contribution in [0.2, 0.25) is 0 Å². The average molecular weight is 230 g/mol. The van der Waals surface area contributed by atoms with Gasteiger partial charge in [-0.15, -0.1) is 0 Å². The van der Waals surface area contributed by atoms with E-state index in [4.69, 9.17) is 5.11 Å². The summed E-state index contributed by atoms with van der Waals surface area (Å²) >= 11 is 0. The molecule has 0 radical (unpaired) electrons. The molecule has 0 amide bonds. The maximum atomic E-state index is 12.5. The molecule has 0 unspecified atom stereocenters. The smallest absolute Gasteiger partial charge is 0.431 e. The lowest BCUT2D eigenvalue weighted by Crippen LogP contribution is -2.13. The van der Waals surface area contributed by atoms with E-state index in [1.807, 2.05) is 0 Å². The maximum Gasteiger partial charge on any atom is 0.431 e. The van der Waals surface area contributed by atoms with Crippen LogP contribution in [0.4, 0.5) is 13.2 Å². The topological polar surface area (TPSA) is 54.6 Å². The van der Waals surface area contributed by atoms with Crippen LogP contribution in [0, 0.1) is 0 Å². The van der Waals surface area contributed by atoms with Crippen LogP contribution in [0.15, 0.2) is 24.5 Å². The fraction of sp³-hybridized carbons (Fsp3) is 0.111. The molecule has 0 saturated heterocycles. The molecule has 7 heteroatoms. The van der Waals surface area contributed by atoms with E-state index in [2.05, 4.69) is 4.98 Å². The predicted octanol–water partition coefficient (Wildman–Crippen LogP) is 2.05. The number of fused-ring (bicyclic) bond motifs is 1. The Balaban J connectivity index is 2.79. The Morgan fingerprint density at radius 2 is 2.06 bits per heavy atom. The lowest BCUT2D eigenvalue weighted by atomic mass is 10.2. The quantitative estimate of drug-likeness (QED) is 0.815. The lowest BCUT2D eigenvalue weighted by Gasteiger charge is -2.10. The van der Waals surface area contributed by atoms with E-state index in [0.29, 0.717) is 4.40 Å². The summed E-state index contributed by atoms with van der Waals surface area (Å²) in [7, 11) is 0. The Bertz CT molecular complexity index is 559. The lowest BCUT2D eigenvalue weighted by molar-refractivity contribution is -0.142. The number of halogens is 3. The van der Waals surface area contributed by atoms with Crippen molar-refractivity contribution in [1.82, 2.24) is 9.38 Å². The molecule has 0 fully saturated rings. The molecule has 2 rings (SSSR count). The Morgan fingerprint density at radius 3 is 2.62 bits per heavy atom. The summed E-state index contributed by atoms with van der Waals surface area (Å²) in [6.07, 6.45) is -2.35. The second kappa shape index (κ2) is 3.22. The van der Waals surface area contributed by atoms with Crippen LogP contribution >= 0.6 is 0 Å². The number of carboxylic acid groups (broad SMARTS) is 1. The summed E-state index contributed by atoms with van der Waals surface area (Å²) in [6.45, 7) is 0. The molecule has 0 bridgehead atoms. The molecule has 0 aliphatic carbocycles. The minimum absolute atomic E-state index is 0.220. The summed E-state index contributed by atoms with van der Waals surface area (Å²) in [5.41, 5.74) is -1.44. The molecule has 2 aromatic rings. The van der Waals surface area contributed by atoms with Crippen molar-refractivity contribution < 1.29 is 23.1 Å². The minimum atomic E-state index is -4.55. The van der Waals surface area contributed by atoms with Crippen molar-refractivity contribution in [2.24, 2.45) is 0 Å². The van der Waals surface area contributed by atoms with Crippen LogP contribution < -0.4 is 0 Å². The number of imidazole rings is 1. The first kappa shape index (κ1) is 10.5. The number of hydrogen-bond donors (Lipinski definition) is 1. The third-order valence-corrected chi connectivity index (χ3v) is 2.07. The fourth-order valence-corrected chi connectivity index (χ4v) is 1.41. The fourth-order valence-electron chi connectivity index (χ4n) is 1.41. The molecular formula is C9H5F3N2O2. The van der Waals surface area contributed by atoms with E-state index in [1.165, 1.54) is 0 Å². The van der Waals surface area contributed by atoms with Crippen LogP contribution in [0.1, 0.15) is 16.1 Å². The summed E-state index contributed by atoms with van der Waals surface area (Å²) in [6, 6.07) is 1.62. The molecule has 1 N–H and O–H groups in total. The number of hydrogen-bond acceptors (Lipinski definition) is 2. The highest BCUT2D eigenvalue weighted by Crippen LogP contribution is 2.30. The Hall–Kier alpha value is -2.05. The average Bonchev–Trinajstić information content (AvgIpc) is 2.61. The van der Waals surface area contributed by atoms with Crippen LogP contribution in [-0.4, -0.2) is 20.5 Å². The van der Waals surface area contributed by atoms with Crippen LogP contribution in [0.3, 0.4) is 0 Å². The van der Waals surface area contributed by atoms with E-state index < -0.39 is 17.8 Å². The molecule has 84 valence electrons. The molecule has 0 aliphatic heterocycles. The zero-order valence-corrected chi connectivity index (χ0v) is 7.69. The second-order valence-electron chi connectivity index (χ2n) is 3.06. The van der Waals surface area contributed by atoms with Gasteiger partial charge >= 0.3 is 12.1 Å². The van der Waals surface area contributed by atoms with Crippen molar-refractivity contribution >= 4 is 11.6 Å². The highest BCUT2D eigenvalue weighted by molar-refractivity contribution is 5.94. The zero-order chi connectivity index (χ0) is 11.9. The summed E-state index contributed by atoms with van der Waals surface area (Å²) in [5.74, 6) is -1.31. The normalized spacial score (nSPS) is 11.9. The molecule has 0 aliphatic rings. The van der Waals surface area contributed by atoms with E-state index in [-0.39, 0.29) is 11.2 Å². The molecule has 0 spiro atoms. The van der Waals surface area contributed by atoms with Crippen LogP contribution in [-0.2, 0) is 6.18 Å². The number of rotatable bonds is 1. The minimum Gasteiger partial charge on any atom is -0.478 e. The second-order valence-corrected chi connectivity index (χ2v) is 3.06. The van der Waals surface area contributed by atoms with Gasteiger partial charge in [0.05, 0.1) is 0 Å². The first-order chi connectivity index (χ1) is 7.41. The van der Waals surface area contributed by atoms with Gasteiger partial charge in [-0.05, 0) is 12.1 Å². The highest BCUT2D eigenvalue weighted by Gasteiger charge is 2.34. The Kier molecular flexibility index (Phi) is 2.11. The van der Waals surface area contributed by atoms with Gasteiger partial charge in [0.15, 0.2) is 5.65 Å². The highest BCUT2D eigenvalue weighted by atomic mass is 19.4. The monoisotopic (exact) mass is 230 g/mol. The van der Waals surface area contributed by atoms with Gasteiger partial charge in [0.1, 0.15) is 11.3 Å². The third kappa shape index (κ3) is 1.50. The number of carboxylic acids is 1. The van der Waals surface area contributed by atoms with Gasteiger partial charge in [-0.2, -0.15) is 13.2 Å². The third-order valence-electron chi connectivity index (χ3n) is 2.07. The van der Waals surface area contributed by atoms with E-state index >= 15 is 0 Å². The molecular weight excluding hydrogens is 225 g/mol. The van der Waals surface area contributed by atoms with Crippen LogP contribution in [0.25, 0.3) is 5.65 Å². The molecule has 4 nitrogen and oxygen atoms in total. The van der Waals surface area contributed by atoms with Gasteiger partial charge in [-0.1, -0.05) is 0 Å². The molecule has 0 saturated carbocycles. The number of carbonyl (C=O) groups is 1. The number of aromatic carboxylic acids is 1. The van der Waals surface area contributed by atoms with Crippen molar-refractivity contribution in [3.63, 3.8) is 0 Å². The van der Waals surface area contributed by atoms with Gasteiger partial charge in [0.25, 0.3) is 0 Å². The molecule has 2 aromatic heterocycles. The first-order valence-corrected chi connectivity index (χ1v) is 4.18. The van der Waals surface area contributed by atoms with Crippen molar-refractivity contribution in [2.75, 3.05) is 0 Å². The van der Waals surface area contributed by atoms with Gasteiger partial charge in [-0.25, -0.2) is 9.78 Å². The standard InChI is InChI=1S/C9H5F3N2O2/c10-9(11,12)6-2-1-5(8(15)16)7-13-3-4-14(6)7/h1-4H,(H,15,16). The summed E-state index contributed by atoms with van der Waals surface area (Å²) in [5, 5.41) is 8.76.